The Morgan fingerprint density at radius 1 is 1.15 bits per heavy atom. The smallest absolute Gasteiger partial charge is 0.277 e. The van der Waals surface area contributed by atoms with Crippen LogP contribution in [0, 0.1) is 18.3 Å². The number of benzene rings is 2. The predicted molar refractivity (Wildman–Crippen MR) is 99.6 cm³/mol. The molecular weight excluding hydrogens is 348 g/mol. The minimum atomic E-state index is -0.168. The highest BCUT2D eigenvalue weighted by atomic mass is 32.2. The minimum Gasteiger partial charge on any atom is -0.411 e. The molecule has 0 aliphatic carbocycles. The molecule has 0 fully saturated rings. The van der Waals surface area contributed by atoms with Crippen LogP contribution in [0.3, 0.4) is 0 Å². The number of carbonyl (C=O) groups excluding carboxylic acids is 1. The maximum absolute atomic E-state index is 12.0. The Kier molecular flexibility index (Phi) is 5.66. The van der Waals surface area contributed by atoms with Gasteiger partial charge in [0.15, 0.2) is 0 Å². The molecule has 3 aromatic rings. The maximum Gasteiger partial charge on any atom is 0.277 e. The van der Waals surface area contributed by atoms with Crippen LogP contribution in [-0.4, -0.2) is 21.9 Å². The highest BCUT2D eigenvalue weighted by Crippen LogP contribution is 2.23. The van der Waals surface area contributed by atoms with Gasteiger partial charge in [-0.25, -0.2) is 0 Å². The largest absolute Gasteiger partial charge is 0.411 e. The normalized spacial score (nSPS) is 10.3. The van der Waals surface area contributed by atoms with Crippen LogP contribution in [0.1, 0.15) is 11.1 Å². The van der Waals surface area contributed by atoms with Crippen molar-refractivity contribution in [2.75, 3.05) is 11.1 Å². The monoisotopic (exact) mass is 364 g/mol. The van der Waals surface area contributed by atoms with Gasteiger partial charge >= 0.3 is 0 Å². The fourth-order valence-corrected chi connectivity index (χ4v) is 2.77. The molecule has 0 saturated heterocycles. The maximum atomic E-state index is 12.0. The van der Waals surface area contributed by atoms with Crippen molar-refractivity contribution in [1.29, 1.82) is 5.26 Å². The Morgan fingerprint density at radius 3 is 2.58 bits per heavy atom. The van der Waals surface area contributed by atoms with E-state index in [0.29, 0.717) is 23.2 Å². The first-order valence-corrected chi connectivity index (χ1v) is 8.91. The van der Waals surface area contributed by atoms with Gasteiger partial charge in [0.2, 0.25) is 11.8 Å². The number of nitrogens with one attached hydrogen (secondary N) is 1. The van der Waals surface area contributed by atoms with E-state index in [1.807, 2.05) is 43.3 Å². The van der Waals surface area contributed by atoms with Gasteiger partial charge in [0.25, 0.3) is 5.22 Å². The van der Waals surface area contributed by atoms with E-state index in [9.17, 15) is 4.79 Å². The van der Waals surface area contributed by atoms with E-state index in [0.717, 1.165) is 16.7 Å². The minimum absolute atomic E-state index is 0.162. The second-order valence-electron chi connectivity index (χ2n) is 5.61. The summed E-state index contributed by atoms with van der Waals surface area (Å²) in [6.45, 7) is 2.01. The van der Waals surface area contributed by atoms with E-state index in [1.165, 1.54) is 11.8 Å². The molecule has 0 atom stereocenters. The summed E-state index contributed by atoms with van der Waals surface area (Å²) in [6.07, 6.45) is 0.352. The van der Waals surface area contributed by atoms with Gasteiger partial charge in [0, 0.05) is 11.3 Å². The average Bonchev–Trinajstić information content (AvgIpc) is 3.11. The number of aromatic nitrogens is 2. The molecule has 0 aliphatic rings. The van der Waals surface area contributed by atoms with Crippen molar-refractivity contribution in [3.8, 4) is 17.5 Å². The fourth-order valence-electron chi connectivity index (χ4n) is 2.20. The molecule has 130 valence electrons. The van der Waals surface area contributed by atoms with Crippen LogP contribution in [0.15, 0.2) is 58.2 Å². The lowest BCUT2D eigenvalue weighted by Gasteiger charge is -2.04. The Hall–Kier alpha value is -3.11. The number of amides is 1. The SMILES string of the molecule is Cc1ccc(-c2nnc(SCC(=O)Nc3ccc(CC#N)cc3)o2)cc1. The molecule has 0 unspecified atom stereocenters. The van der Waals surface area contributed by atoms with Crippen molar-refractivity contribution >= 4 is 23.4 Å². The van der Waals surface area contributed by atoms with Crippen LogP contribution in [0.2, 0.25) is 0 Å². The number of aryl methyl sites for hydroxylation is 1. The van der Waals surface area contributed by atoms with Crippen LogP contribution in [-0.2, 0) is 11.2 Å². The van der Waals surface area contributed by atoms with Gasteiger partial charge in [0.05, 0.1) is 18.2 Å². The number of nitriles is 1. The molecule has 2 aromatic carbocycles. The molecule has 6 nitrogen and oxygen atoms in total. The summed E-state index contributed by atoms with van der Waals surface area (Å²) in [5.74, 6) is 0.425. The summed E-state index contributed by atoms with van der Waals surface area (Å²) in [6, 6.07) is 17.1. The number of nitrogens with zero attached hydrogens (tertiary/aromatic N) is 3. The molecule has 1 aromatic heterocycles. The third-order valence-electron chi connectivity index (χ3n) is 3.55. The molecule has 7 heteroatoms. The first kappa shape index (κ1) is 17.7. The van der Waals surface area contributed by atoms with E-state index in [-0.39, 0.29) is 11.7 Å². The van der Waals surface area contributed by atoms with Crippen LogP contribution in [0.5, 0.6) is 0 Å². The number of hydrogen-bond acceptors (Lipinski definition) is 6. The second-order valence-corrected chi connectivity index (χ2v) is 6.53. The van der Waals surface area contributed by atoms with Gasteiger partial charge in [-0.05, 0) is 36.8 Å². The van der Waals surface area contributed by atoms with Gasteiger partial charge in [-0.15, -0.1) is 10.2 Å². The standard InChI is InChI=1S/C19H16N4O2S/c1-13-2-6-15(7-3-13)18-22-23-19(25-18)26-12-17(24)21-16-8-4-14(5-9-16)10-11-20/h2-9H,10,12H2,1H3,(H,21,24). The Balaban J connectivity index is 1.53. The number of thioether (sulfide) groups is 1. The molecule has 0 spiro atoms. The molecule has 26 heavy (non-hydrogen) atoms. The third-order valence-corrected chi connectivity index (χ3v) is 4.37. The molecule has 1 N–H and O–H groups in total. The molecule has 0 aliphatic heterocycles. The van der Waals surface area contributed by atoms with E-state index >= 15 is 0 Å². The van der Waals surface area contributed by atoms with Crippen molar-refractivity contribution in [1.82, 2.24) is 10.2 Å². The molecule has 0 bridgehead atoms. The molecular formula is C19H16N4O2S. The van der Waals surface area contributed by atoms with Gasteiger partial charge in [0.1, 0.15) is 0 Å². The summed E-state index contributed by atoms with van der Waals surface area (Å²) in [4.78, 5) is 12.0. The summed E-state index contributed by atoms with van der Waals surface area (Å²) in [5, 5.41) is 19.8. The summed E-state index contributed by atoms with van der Waals surface area (Å²) < 4.78 is 5.58. The average molecular weight is 364 g/mol. The van der Waals surface area contributed by atoms with E-state index in [4.69, 9.17) is 9.68 Å². The number of anilines is 1. The molecule has 0 radical (unpaired) electrons. The van der Waals surface area contributed by atoms with Crippen molar-refractivity contribution in [3.63, 3.8) is 0 Å². The van der Waals surface area contributed by atoms with Gasteiger partial charge in [-0.2, -0.15) is 5.26 Å². The number of rotatable bonds is 6. The topological polar surface area (TPSA) is 91.8 Å². The van der Waals surface area contributed by atoms with Crippen LogP contribution < -0.4 is 5.32 Å². The van der Waals surface area contributed by atoms with E-state index in [1.54, 1.807) is 12.1 Å². The Morgan fingerprint density at radius 2 is 1.88 bits per heavy atom. The van der Waals surface area contributed by atoms with Crippen LogP contribution in [0.25, 0.3) is 11.5 Å². The lowest BCUT2D eigenvalue weighted by molar-refractivity contribution is -0.113. The van der Waals surface area contributed by atoms with Crippen molar-refractivity contribution in [3.05, 3.63) is 59.7 Å². The first-order valence-electron chi connectivity index (χ1n) is 7.93. The quantitative estimate of drug-likeness (QED) is 0.668. The summed E-state index contributed by atoms with van der Waals surface area (Å²) in [7, 11) is 0. The second kappa shape index (κ2) is 8.32. The van der Waals surface area contributed by atoms with E-state index < -0.39 is 0 Å². The van der Waals surface area contributed by atoms with Crippen molar-refractivity contribution < 1.29 is 9.21 Å². The number of carbonyl (C=O) groups is 1. The molecule has 1 heterocycles. The van der Waals surface area contributed by atoms with Crippen molar-refractivity contribution in [2.45, 2.75) is 18.6 Å². The molecule has 0 saturated carbocycles. The van der Waals surface area contributed by atoms with Crippen LogP contribution >= 0.6 is 11.8 Å². The zero-order chi connectivity index (χ0) is 18.4. The zero-order valence-corrected chi connectivity index (χ0v) is 14.9. The van der Waals surface area contributed by atoms with E-state index in [2.05, 4.69) is 21.6 Å². The number of hydrogen-bond donors (Lipinski definition) is 1. The third kappa shape index (κ3) is 4.71. The Labute approximate surface area is 155 Å². The Bertz CT molecular complexity index is 927. The highest BCUT2D eigenvalue weighted by molar-refractivity contribution is 7.99. The lowest BCUT2D eigenvalue weighted by atomic mass is 10.1. The van der Waals surface area contributed by atoms with Gasteiger partial charge in [-0.3, -0.25) is 4.79 Å². The zero-order valence-electron chi connectivity index (χ0n) is 14.1. The highest BCUT2D eigenvalue weighted by Gasteiger charge is 2.11. The van der Waals surface area contributed by atoms with Gasteiger partial charge in [-0.1, -0.05) is 41.6 Å². The predicted octanol–water partition coefficient (Wildman–Crippen LogP) is 3.84. The summed E-state index contributed by atoms with van der Waals surface area (Å²) >= 11 is 1.18. The molecule has 3 rings (SSSR count). The van der Waals surface area contributed by atoms with Crippen molar-refractivity contribution in [2.24, 2.45) is 0 Å². The van der Waals surface area contributed by atoms with Gasteiger partial charge < -0.3 is 9.73 Å². The summed E-state index contributed by atoms with van der Waals surface area (Å²) in [5.41, 5.74) is 3.59. The molecule has 1 amide bonds. The fraction of sp³-hybridized carbons (Fsp3) is 0.158. The lowest BCUT2D eigenvalue weighted by Crippen LogP contribution is -2.13. The van der Waals surface area contributed by atoms with Crippen LogP contribution in [0.4, 0.5) is 5.69 Å². The first-order chi connectivity index (χ1) is 12.6.